The second-order valence-corrected chi connectivity index (χ2v) is 4.11. The van der Waals surface area contributed by atoms with Gasteiger partial charge in [0.2, 0.25) is 0 Å². The molecule has 1 aromatic carbocycles. The van der Waals surface area contributed by atoms with Gasteiger partial charge in [0.15, 0.2) is 6.61 Å². The molecule has 1 amide bonds. The fourth-order valence-electron chi connectivity index (χ4n) is 1.02. The van der Waals surface area contributed by atoms with Crippen molar-refractivity contribution in [2.45, 2.75) is 6.92 Å². The first-order chi connectivity index (χ1) is 6.50. The Bertz CT molecular complexity index is 345. The molecule has 14 heavy (non-hydrogen) atoms. The second-order valence-electron chi connectivity index (χ2n) is 2.79. The molecule has 0 aliphatic rings. The fourth-order valence-corrected chi connectivity index (χ4v) is 2.04. The number of ether oxygens (including phenoxy) is 1. The average molecular weight is 279 g/mol. The first-order valence-corrected chi connectivity index (χ1v) is 5.04. The highest BCUT2D eigenvalue weighted by Crippen LogP contribution is 2.31. The van der Waals surface area contributed by atoms with E-state index >= 15 is 0 Å². The quantitative estimate of drug-likeness (QED) is 0.922. The van der Waals surface area contributed by atoms with E-state index in [4.69, 9.17) is 22.1 Å². The lowest BCUT2D eigenvalue weighted by atomic mass is 10.2. The number of amides is 1. The maximum atomic E-state index is 10.5. The van der Waals surface area contributed by atoms with E-state index in [2.05, 4.69) is 15.9 Å². The summed E-state index contributed by atoms with van der Waals surface area (Å²) in [5, 5.41) is 0.457. The Labute approximate surface area is 95.3 Å². The molecule has 5 heteroatoms. The molecule has 1 aromatic rings. The number of hydrogen-bond donors (Lipinski definition) is 1. The molecular weight excluding hydrogens is 269 g/mol. The molecule has 0 aromatic heterocycles. The highest BCUT2D eigenvalue weighted by Gasteiger charge is 2.08. The molecule has 3 nitrogen and oxygen atoms in total. The molecule has 0 bridgehead atoms. The van der Waals surface area contributed by atoms with Gasteiger partial charge in [-0.2, -0.15) is 0 Å². The molecule has 0 saturated heterocycles. The number of hydrogen-bond acceptors (Lipinski definition) is 2. The zero-order valence-electron chi connectivity index (χ0n) is 7.51. The zero-order chi connectivity index (χ0) is 10.7. The van der Waals surface area contributed by atoms with E-state index in [-0.39, 0.29) is 6.61 Å². The van der Waals surface area contributed by atoms with Gasteiger partial charge in [0.25, 0.3) is 5.91 Å². The third-order valence-corrected chi connectivity index (χ3v) is 2.29. The van der Waals surface area contributed by atoms with Crippen LogP contribution in [0.1, 0.15) is 5.56 Å². The van der Waals surface area contributed by atoms with Crippen LogP contribution in [-0.4, -0.2) is 12.5 Å². The molecular formula is C9H9BrClNO2. The Kier molecular flexibility index (Phi) is 3.77. The topological polar surface area (TPSA) is 52.3 Å². The number of aryl methyl sites for hydroxylation is 1. The summed E-state index contributed by atoms with van der Waals surface area (Å²) in [7, 11) is 0. The summed E-state index contributed by atoms with van der Waals surface area (Å²) in [6.45, 7) is 1.68. The predicted molar refractivity (Wildman–Crippen MR) is 58.6 cm³/mol. The standard InChI is InChI=1S/C9H9BrClNO2/c1-5-2-6(10)3-7(11)9(5)14-4-8(12)13/h2-3H,4H2,1H3,(H2,12,13). The van der Waals surface area contributed by atoms with Gasteiger partial charge in [0.05, 0.1) is 5.02 Å². The average Bonchev–Trinajstić information content (AvgIpc) is 2.01. The highest BCUT2D eigenvalue weighted by atomic mass is 79.9. The van der Waals surface area contributed by atoms with E-state index in [9.17, 15) is 4.79 Å². The lowest BCUT2D eigenvalue weighted by Gasteiger charge is -2.09. The molecule has 2 N–H and O–H groups in total. The summed E-state index contributed by atoms with van der Waals surface area (Å²) < 4.78 is 6.02. The lowest BCUT2D eigenvalue weighted by molar-refractivity contribution is -0.119. The number of primary amides is 1. The Morgan fingerprint density at radius 3 is 2.79 bits per heavy atom. The summed E-state index contributed by atoms with van der Waals surface area (Å²) in [6, 6.07) is 3.55. The van der Waals surface area contributed by atoms with Crippen LogP contribution in [0, 0.1) is 6.92 Å². The van der Waals surface area contributed by atoms with Gasteiger partial charge in [-0.05, 0) is 24.6 Å². The molecule has 0 spiro atoms. The normalized spacial score (nSPS) is 9.93. The van der Waals surface area contributed by atoms with Gasteiger partial charge in [-0.3, -0.25) is 4.79 Å². The third kappa shape index (κ3) is 2.89. The lowest BCUT2D eigenvalue weighted by Crippen LogP contribution is -2.20. The molecule has 0 heterocycles. The van der Waals surface area contributed by atoms with Crippen molar-refractivity contribution in [3.63, 3.8) is 0 Å². The molecule has 0 saturated carbocycles. The highest BCUT2D eigenvalue weighted by molar-refractivity contribution is 9.10. The van der Waals surface area contributed by atoms with E-state index < -0.39 is 5.91 Å². The Hall–Kier alpha value is -0.740. The van der Waals surface area contributed by atoms with Crippen LogP contribution in [0.2, 0.25) is 5.02 Å². The van der Waals surface area contributed by atoms with E-state index in [1.165, 1.54) is 0 Å². The maximum absolute atomic E-state index is 10.5. The number of halogens is 2. The van der Waals surface area contributed by atoms with Crippen LogP contribution in [-0.2, 0) is 4.79 Å². The Balaban J connectivity index is 2.91. The van der Waals surface area contributed by atoms with Crippen LogP contribution in [0.15, 0.2) is 16.6 Å². The van der Waals surface area contributed by atoms with Gasteiger partial charge in [-0.25, -0.2) is 0 Å². The van der Waals surface area contributed by atoms with Crippen molar-refractivity contribution in [2.75, 3.05) is 6.61 Å². The van der Waals surface area contributed by atoms with E-state index in [0.29, 0.717) is 10.8 Å². The summed E-state index contributed by atoms with van der Waals surface area (Å²) >= 11 is 9.21. The largest absolute Gasteiger partial charge is 0.482 e. The zero-order valence-corrected chi connectivity index (χ0v) is 9.85. The number of nitrogens with two attached hydrogens (primary N) is 1. The third-order valence-electron chi connectivity index (χ3n) is 1.55. The van der Waals surface area contributed by atoms with Crippen molar-refractivity contribution in [3.05, 3.63) is 27.2 Å². The minimum atomic E-state index is -0.525. The van der Waals surface area contributed by atoms with E-state index in [1.807, 2.05) is 13.0 Å². The molecule has 0 atom stereocenters. The van der Waals surface area contributed by atoms with Crippen LogP contribution in [0.4, 0.5) is 0 Å². The first kappa shape index (κ1) is 11.3. The molecule has 0 aliphatic heterocycles. The van der Waals surface area contributed by atoms with Crippen molar-refractivity contribution in [3.8, 4) is 5.75 Å². The molecule has 0 radical (unpaired) electrons. The Morgan fingerprint density at radius 1 is 1.64 bits per heavy atom. The van der Waals surface area contributed by atoms with Crippen molar-refractivity contribution in [1.82, 2.24) is 0 Å². The summed E-state index contributed by atoms with van der Waals surface area (Å²) in [6.07, 6.45) is 0. The van der Waals surface area contributed by atoms with E-state index in [1.54, 1.807) is 6.07 Å². The second kappa shape index (κ2) is 4.66. The predicted octanol–water partition coefficient (Wildman–Crippen LogP) is 2.28. The van der Waals surface area contributed by atoms with Gasteiger partial charge < -0.3 is 10.5 Å². The summed E-state index contributed by atoms with van der Waals surface area (Å²) in [5.41, 5.74) is 5.81. The van der Waals surface area contributed by atoms with Gasteiger partial charge in [0.1, 0.15) is 5.75 Å². The van der Waals surface area contributed by atoms with Gasteiger partial charge >= 0.3 is 0 Å². The minimum absolute atomic E-state index is 0.164. The number of carbonyl (C=O) groups is 1. The van der Waals surface area contributed by atoms with Gasteiger partial charge in [-0.15, -0.1) is 0 Å². The van der Waals surface area contributed by atoms with E-state index in [0.717, 1.165) is 10.0 Å². The maximum Gasteiger partial charge on any atom is 0.255 e. The van der Waals surface area contributed by atoms with Crippen molar-refractivity contribution in [2.24, 2.45) is 5.73 Å². The van der Waals surface area contributed by atoms with Crippen LogP contribution >= 0.6 is 27.5 Å². The van der Waals surface area contributed by atoms with Crippen molar-refractivity contribution < 1.29 is 9.53 Å². The SMILES string of the molecule is Cc1cc(Br)cc(Cl)c1OCC(N)=O. The van der Waals surface area contributed by atoms with Gasteiger partial charge in [-0.1, -0.05) is 27.5 Å². The molecule has 0 unspecified atom stereocenters. The monoisotopic (exact) mass is 277 g/mol. The molecule has 0 aliphatic carbocycles. The summed E-state index contributed by atoms with van der Waals surface area (Å²) in [4.78, 5) is 10.5. The molecule has 0 fully saturated rings. The molecule has 1 rings (SSSR count). The number of benzene rings is 1. The number of rotatable bonds is 3. The minimum Gasteiger partial charge on any atom is -0.482 e. The van der Waals surface area contributed by atoms with Crippen LogP contribution in [0.25, 0.3) is 0 Å². The van der Waals surface area contributed by atoms with Crippen LogP contribution in [0.5, 0.6) is 5.75 Å². The van der Waals surface area contributed by atoms with Crippen LogP contribution in [0.3, 0.4) is 0 Å². The molecule has 76 valence electrons. The fraction of sp³-hybridized carbons (Fsp3) is 0.222. The smallest absolute Gasteiger partial charge is 0.255 e. The summed E-state index contributed by atoms with van der Waals surface area (Å²) in [5.74, 6) is -0.0305. The Morgan fingerprint density at radius 2 is 2.29 bits per heavy atom. The number of carbonyl (C=O) groups excluding carboxylic acids is 1. The van der Waals surface area contributed by atoms with Crippen molar-refractivity contribution in [1.29, 1.82) is 0 Å². The first-order valence-electron chi connectivity index (χ1n) is 3.87. The van der Waals surface area contributed by atoms with Crippen molar-refractivity contribution >= 4 is 33.4 Å². The van der Waals surface area contributed by atoms with Gasteiger partial charge in [0, 0.05) is 4.47 Å². The van der Waals surface area contributed by atoms with Crippen LogP contribution < -0.4 is 10.5 Å².